The van der Waals surface area contributed by atoms with Crippen molar-refractivity contribution in [3.05, 3.63) is 66.4 Å². The summed E-state index contributed by atoms with van der Waals surface area (Å²) < 4.78 is 11.2. The Morgan fingerprint density at radius 2 is 2.02 bits per heavy atom. The number of nitrogens with zero attached hydrogens (tertiary/aromatic N) is 1. The van der Waals surface area contributed by atoms with Crippen molar-refractivity contribution in [2.24, 2.45) is 5.92 Å². The number of aliphatic hydroxyl groups is 2. The van der Waals surface area contributed by atoms with Crippen molar-refractivity contribution in [1.82, 2.24) is 15.2 Å². The van der Waals surface area contributed by atoms with Crippen molar-refractivity contribution >= 4 is 22.4 Å². The molecule has 1 saturated heterocycles. The largest absolute Gasteiger partial charge is 2.00 e. The Morgan fingerprint density at radius 1 is 1.23 bits per heavy atom. The van der Waals surface area contributed by atoms with E-state index in [1.165, 1.54) is 0 Å². The predicted octanol–water partition coefficient (Wildman–Crippen LogP) is 4.76. The Morgan fingerprint density at radius 3 is 2.72 bits per heavy atom. The third-order valence-electron chi connectivity index (χ3n) is 8.95. The molecule has 5 rings (SSSR count). The Labute approximate surface area is 278 Å². The van der Waals surface area contributed by atoms with E-state index >= 15 is 0 Å². The summed E-state index contributed by atoms with van der Waals surface area (Å²) in [6, 6.07) is 16.2. The van der Waals surface area contributed by atoms with Crippen molar-refractivity contribution in [2.45, 2.75) is 69.6 Å². The van der Waals surface area contributed by atoms with E-state index < -0.39 is 5.60 Å². The van der Waals surface area contributed by atoms with E-state index in [9.17, 15) is 15.0 Å². The van der Waals surface area contributed by atoms with Crippen molar-refractivity contribution in [2.75, 3.05) is 33.4 Å². The molecule has 9 heteroatoms. The molecule has 1 aliphatic carbocycles. The van der Waals surface area contributed by atoms with E-state index in [1.54, 1.807) is 13.2 Å². The second-order valence-corrected chi connectivity index (χ2v) is 12.0. The molecule has 0 bridgehead atoms. The summed E-state index contributed by atoms with van der Waals surface area (Å²) in [6.07, 6.45) is 4.67. The van der Waals surface area contributed by atoms with Crippen LogP contribution >= 0.6 is 0 Å². The molecule has 2 heterocycles. The summed E-state index contributed by atoms with van der Waals surface area (Å²) in [5.41, 5.74) is 2.12. The number of hydrogen-bond donors (Lipinski definition) is 4. The average molecular weight is 812 g/mol. The zero-order chi connectivity index (χ0) is 29.7. The molecule has 2 aromatic carbocycles. The minimum Gasteiger partial charge on any atom is -0.540 e. The third-order valence-corrected chi connectivity index (χ3v) is 8.95. The van der Waals surface area contributed by atoms with Gasteiger partial charge in [-0.1, -0.05) is 19.4 Å². The Bertz CT molecular complexity index is 1370. The predicted molar refractivity (Wildman–Crippen MR) is 163 cm³/mol. The van der Waals surface area contributed by atoms with Crippen molar-refractivity contribution in [3.63, 3.8) is 0 Å². The molecule has 43 heavy (non-hydrogen) atoms. The Kier molecular flexibility index (Phi) is 11.8. The van der Waals surface area contributed by atoms with Gasteiger partial charge in [-0.15, -0.1) is 12.1 Å². The third kappa shape index (κ3) is 8.67. The van der Waals surface area contributed by atoms with Crippen LogP contribution in [0.4, 0.5) is 0 Å². The van der Waals surface area contributed by atoms with Crippen molar-refractivity contribution in [3.8, 4) is 11.5 Å². The van der Waals surface area contributed by atoms with Gasteiger partial charge in [0.25, 0.3) is 5.91 Å². The van der Waals surface area contributed by atoms with Crippen LogP contribution in [-0.2, 0) is 0 Å². The smallest absolute Gasteiger partial charge is 0.540 e. The molecule has 228 valence electrons. The van der Waals surface area contributed by atoms with Crippen LogP contribution in [-0.4, -0.2) is 77.1 Å². The maximum absolute atomic E-state index is 13.1. The van der Waals surface area contributed by atoms with E-state index in [1.807, 2.05) is 36.4 Å². The minimum absolute atomic E-state index is 0. The van der Waals surface area contributed by atoms with Crippen LogP contribution in [0.5, 0.6) is 11.5 Å². The van der Waals surface area contributed by atoms with Gasteiger partial charge in [0.1, 0.15) is 11.4 Å². The number of aliphatic hydroxyl groups excluding tert-OH is 1. The normalized spacial score (nSPS) is 24.2. The summed E-state index contributed by atoms with van der Waals surface area (Å²) in [5, 5.41) is 25.2. The fraction of sp³-hybridized carbons (Fsp3) is 0.500. The van der Waals surface area contributed by atoms with E-state index in [-0.39, 0.29) is 55.1 Å². The fourth-order valence-electron chi connectivity index (χ4n) is 6.12. The molecule has 0 radical (unpaired) electrons. The number of aromatic nitrogens is 1. The number of rotatable bonds is 11. The van der Waals surface area contributed by atoms with Gasteiger partial charge in [0.15, 0.2) is 0 Å². The maximum Gasteiger partial charge on any atom is 2.00 e. The van der Waals surface area contributed by atoms with Crippen LogP contribution in [0.1, 0.15) is 67.9 Å². The molecule has 1 aromatic heterocycles. The molecule has 4 N–H and O–H groups in total. The van der Waals surface area contributed by atoms with Crippen LogP contribution in [0.15, 0.2) is 42.5 Å². The second kappa shape index (κ2) is 15.1. The monoisotopic (exact) mass is 811 g/mol. The molecule has 1 saturated carbocycles. The summed E-state index contributed by atoms with van der Waals surface area (Å²) in [5.74, 6) is 1.54. The number of carbonyl (C=O) groups is 1. The number of fused-ring (bicyclic) bond motifs is 1. The molecule has 0 spiro atoms. The number of ether oxygens (including phenoxy) is 2. The van der Waals surface area contributed by atoms with Crippen LogP contribution in [0.2, 0.25) is 0 Å². The van der Waals surface area contributed by atoms with Gasteiger partial charge in [-0.3, -0.25) is 10.4 Å². The number of benzene rings is 2. The molecule has 3 aromatic rings. The summed E-state index contributed by atoms with van der Waals surface area (Å²) in [7, 11) is 1.61. The first-order valence-electron chi connectivity index (χ1n) is 15.1. The fourth-order valence-corrected chi connectivity index (χ4v) is 6.12. The quantitative estimate of drug-likeness (QED) is 0.209. The number of H-pyrrole nitrogens is 1. The number of hydrogen-bond acceptors (Lipinski definition) is 6. The molecule has 0 unspecified atom stereocenters. The average Bonchev–Trinajstić information content (AvgIpc) is 3.45. The van der Waals surface area contributed by atoms with E-state index in [2.05, 4.69) is 28.2 Å². The molecular weight excluding hydrogens is 768 g/mol. The molecule has 1 aliphatic heterocycles. The standard InChI is InChI=1S/C34H43N3O5.U/c1-23(25-7-9-27(41-3)10-8-25)14-20-42-32-6-4-5-29-28(32)21-30(36-29)33(39)35-26-11-15-34(40,16-12-26)17-19-37-18-13-31(38)24(2)22-37;/h1,4-7,9-10,21,24,26,31,36,38,40H,11-20,22H2,2-3H3,(H,35,39);/q-2;+2/t24-,26?,31-,34?;/m0./s1. The summed E-state index contributed by atoms with van der Waals surface area (Å²) in [4.78, 5) is 18.7. The molecule has 2 fully saturated rings. The number of amides is 1. The van der Waals surface area contributed by atoms with Crippen molar-refractivity contribution < 1.29 is 55.6 Å². The zero-order valence-electron chi connectivity index (χ0n) is 25.2. The van der Waals surface area contributed by atoms with Gasteiger partial charge in [-0.05, 0) is 62.6 Å². The van der Waals surface area contributed by atoms with Crippen LogP contribution in [0.25, 0.3) is 16.5 Å². The van der Waals surface area contributed by atoms with Gasteiger partial charge in [0.2, 0.25) is 0 Å². The van der Waals surface area contributed by atoms with Gasteiger partial charge in [0, 0.05) is 42.3 Å². The SMILES string of the molecule is [CH-]=C(CCOc1cccc2[nH]c(C(=O)NC3CCC(O)(CCN4CC[C@H](O)[C@@H](C)C4)CC3)cc12)c1[c-]cc(OC)cc1.[U+2]. The topological polar surface area (TPSA) is 107 Å². The van der Waals surface area contributed by atoms with Crippen LogP contribution in [0.3, 0.4) is 0 Å². The minimum atomic E-state index is -0.694. The molecule has 2 aliphatic rings. The Hall–Kier alpha value is -2.28. The van der Waals surface area contributed by atoms with Gasteiger partial charge in [-0.25, -0.2) is 12.1 Å². The first kappa shape index (κ1) is 33.6. The van der Waals surface area contributed by atoms with Gasteiger partial charge in [0.05, 0.1) is 25.4 Å². The number of carbonyl (C=O) groups excluding carboxylic acids is 1. The molecule has 2 atom stereocenters. The Balaban J connectivity index is 0.00000423. The first-order valence-corrected chi connectivity index (χ1v) is 15.1. The molecule has 1 amide bonds. The number of methoxy groups -OCH3 is 1. The second-order valence-electron chi connectivity index (χ2n) is 12.0. The number of aromatic amines is 1. The van der Waals surface area contributed by atoms with Gasteiger partial charge < -0.3 is 47.0 Å². The van der Waals surface area contributed by atoms with E-state index in [0.717, 1.165) is 67.5 Å². The van der Waals surface area contributed by atoms with Crippen LogP contribution < -0.4 is 14.8 Å². The summed E-state index contributed by atoms with van der Waals surface area (Å²) >= 11 is 0. The number of piperidine rings is 1. The van der Waals surface area contributed by atoms with E-state index in [4.69, 9.17) is 16.1 Å². The maximum atomic E-state index is 13.1. The zero-order valence-corrected chi connectivity index (χ0v) is 29.4. The van der Waals surface area contributed by atoms with Crippen molar-refractivity contribution in [1.29, 1.82) is 0 Å². The van der Waals surface area contributed by atoms with Crippen LogP contribution in [0, 0.1) is 49.7 Å². The summed E-state index contributed by atoms with van der Waals surface area (Å²) in [6.45, 7) is 11.3. The van der Waals surface area contributed by atoms with Gasteiger partial charge >= 0.3 is 31.1 Å². The molecular formula is C34H43N3O5U. The first-order chi connectivity index (χ1) is 20.2. The van der Waals surface area contributed by atoms with Gasteiger partial charge in [-0.2, -0.15) is 0 Å². The number of nitrogens with one attached hydrogen (secondary N) is 2. The molecule has 8 nitrogen and oxygen atoms in total. The number of likely N-dealkylation sites (tertiary alicyclic amines) is 1. The van der Waals surface area contributed by atoms with E-state index in [0.29, 0.717) is 42.9 Å².